The molecule has 0 aliphatic heterocycles. The van der Waals surface area contributed by atoms with Crippen LogP contribution < -0.4 is 0 Å². The van der Waals surface area contributed by atoms with Gasteiger partial charge in [-0.3, -0.25) is 0 Å². The smallest absolute Gasteiger partial charge is 0.130 e. The summed E-state index contributed by atoms with van der Waals surface area (Å²) < 4.78 is 5.81. The molecule has 0 aromatic carbocycles. The number of thioether (sulfide) groups is 1. The summed E-state index contributed by atoms with van der Waals surface area (Å²) in [6.07, 6.45) is 2.44. The summed E-state index contributed by atoms with van der Waals surface area (Å²) in [6, 6.07) is 0. The Kier molecular flexibility index (Phi) is 8.88. The second kappa shape index (κ2) is 9.02. The maximum absolute atomic E-state index is 11.5. The lowest BCUT2D eigenvalue weighted by atomic mass is 9.66. The van der Waals surface area contributed by atoms with Gasteiger partial charge in [0.15, 0.2) is 0 Å². The van der Waals surface area contributed by atoms with Crippen LogP contribution >= 0.6 is 11.8 Å². The molecule has 144 valence electrons. The zero-order valence-electron chi connectivity index (χ0n) is 18.0. The third kappa shape index (κ3) is 12.6. The Balaban J connectivity index is 4.56. The van der Waals surface area contributed by atoms with E-state index in [-0.39, 0.29) is 27.5 Å². The molecule has 0 aliphatic carbocycles. The van der Waals surface area contributed by atoms with Crippen LogP contribution in [0, 0.1) is 10.8 Å². The highest BCUT2D eigenvalue weighted by Gasteiger charge is 2.32. The van der Waals surface area contributed by atoms with Crippen LogP contribution in [0.5, 0.6) is 0 Å². The lowest BCUT2D eigenvalue weighted by molar-refractivity contribution is -0.119. The van der Waals surface area contributed by atoms with Gasteiger partial charge >= 0.3 is 0 Å². The lowest BCUT2D eigenvalue weighted by Gasteiger charge is -2.37. The number of ketones is 1. The molecule has 0 bridgehead atoms. The molecule has 0 amide bonds. The Hall–Kier alpha value is -0.375. The van der Waals surface area contributed by atoms with Crippen molar-refractivity contribution in [1.29, 1.82) is 0 Å². The molecule has 2 radical (unpaired) electrons. The Labute approximate surface area is 162 Å². The molecule has 25 heavy (non-hydrogen) atoms. The third-order valence-electron chi connectivity index (χ3n) is 3.89. The average Bonchev–Trinajstić information content (AvgIpc) is 2.18. The van der Waals surface area contributed by atoms with E-state index in [1.807, 2.05) is 18.7 Å². The summed E-state index contributed by atoms with van der Waals surface area (Å²) >= 11 is 1.90. The number of hydrogen-bond donors (Lipinski definition) is 0. The van der Waals surface area contributed by atoms with Crippen LogP contribution in [-0.2, 0) is 9.53 Å². The van der Waals surface area contributed by atoms with Crippen molar-refractivity contribution in [3.05, 3.63) is 12.3 Å². The maximum Gasteiger partial charge on any atom is 0.130 e. The number of carbonyl (C=O) groups is 1. The Morgan fingerprint density at radius 2 is 1.48 bits per heavy atom. The lowest BCUT2D eigenvalue weighted by Crippen LogP contribution is -2.31. The number of hydrogen-bond acceptors (Lipinski definition) is 3. The predicted molar refractivity (Wildman–Crippen MR) is 114 cm³/mol. The molecule has 0 aromatic heterocycles. The first kappa shape index (κ1) is 24.6. The van der Waals surface area contributed by atoms with Crippen molar-refractivity contribution in [1.82, 2.24) is 0 Å². The summed E-state index contributed by atoms with van der Waals surface area (Å²) in [4.78, 5) is 11.5. The molecule has 2 nitrogen and oxygen atoms in total. The molecular formula is C21H39BO2S. The van der Waals surface area contributed by atoms with Crippen molar-refractivity contribution in [2.24, 2.45) is 10.8 Å². The number of rotatable bonds is 12. The summed E-state index contributed by atoms with van der Waals surface area (Å²) in [5, 5.41) is -0.297. The second-order valence-electron chi connectivity index (χ2n) is 10.3. The molecule has 0 spiro atoms. The third-order valence-corrected chi connectivity index (χ3v) is 5.74. The van der Waals surface area contributed by atoms with Crippen molar-refractivity contribution in [2.75, 3.05) is 11.5 Å². The van der Waals surface area contributed by atoms with E-state index in [1.165, 1.54) is 0 Å². The maximum atomic E-state index is 11.5. The fourth-order valence-corrected chi connectivity index (χ4v) is 5.50. The first-order valence-corrected chi connectivity index (χ1v) is 10.3. The van der Waals surface area contributed by atoms with Gasteiger partial charge in [0.05, 0.1) is 13.6 Å². The monoisotopic (exact) mass is 366 g/mol. The Morgan fingerprint density at radius 3 is 1.92 bits per heavy atom. The topological polar surface area (TPSA) is 26.3 Å². The molecule has 0 rings (SSSR count). The molecule has 0 heterocycles. The van der Waals surface area contributed by atoms with Crippen molar-refractivity contribution in [3.63, 3.8) is 0 Å². The van der Waals surface area contributed by atoms with Crippen molar-refractivity contribution in [2.45, 2.75) is 92.5 Å². The molecule has 1 atom stereocenters. The van der Waals surface area contributed by atoms with Crippen LogP contribution in [0.25, 0.3) is 0 Å². The zero-order chi connectivity index (χ0) is 20.1. The summed E-state index contributed by atoms with van der Waals surface area (Å²) in [7, 11) is 6.53. The number of ether oxygens (including phenoxy) is 1. The van der Waals surface area contributed by atoms with Gasteiger partial charge in [0.25, 0.3) is 0 Å². The van der Waals surface area contributed by atoms with Gasteiger partial charge in [-0.25, -0.2) is 0 Å². The van der Waals surface area contributed by atoms with Crippen LogP contribution in [0.4, 0.5) is 0 Å². The normalized spacial score (nSPS) is 15.6. The van der Waals surface area contributed by atoms with Gasteiger partial charge in [0, 0.05) is 6.42 Å². The van der Waals surface area contributed by atoms with Crippen LogP contribution in [0.15, 0.2) is 12.3 Å². The fourth-order valence-electron chi connectivity index (χ4n) is 4.17. The van der Waals surface area contributed by atoms with Crippen LogP contribution in [0.3, 0.4) is 0 Å². The van der Waals surface area contributed by atoms with E-state index in [0.29, 0.717) is 6.42 Å². The van der Waals surface area contributed by atoms with E-state index in [1.54, 1.807) is 6.92 Å². The van der Waals surface area contributed by atoms with Gasteiger partial charge in [0.2, 0.25) is 0 Å². The molecule has 4 heteroatoms. The van der Waals surface area contributed by atoms with Gasteiger partial charge in [-0.1, -0.05) is 46.5 Å². The summed E-state index contributed by atoms with van der Waals surface area (Å²) in [5.74, 6) is 2.90. The molecule has 0 aromatic rings. The average molecular weight is 366 g/mol. The Morgan fingerprint density at radius 1 is 0.960 bits per heavy atom. The number of Topliss-reactive ketones (excluding diaryl/α,β-unsaturated/α-hetero) is 1. The summed E-state index contributed by atoms with van der Waals surface area (Å²) in [6.45, 7) is 22.5. The molecule has 0 aliphatic rings. The quantitative estimate of drug-likeness (QED) is 0.303. The van der Waals surface area contributed by atoms with E-state index in [9.17, 15) is 4.79 Å². The van der Waals surface area contributed by atoms with E-state index >= 15 is 0 Å². The molecular weight excluding hydrogens is 327 g/mol. The van der Waals surface area contributed by atoms with Crippen molar-refractivity contribution < 1.29 is 9.53 Å². The van der Waals surface area contributed by atoms with E-state index in [4.69, 9.17) is 12.6 Å². The zero-order valence-corrected chi connectivity index (χ0v) is 18.9. The summed E-state index contributed by atoms with van der Waals surface area (Å²) in [5.41, 5.74) is -0.0997. The predicted octanol–water partition coefficient (Wildman–Crippen LogP) is 6.21. The highest BCUT2D eigenvalue weighted by molar-refractivity contribution is 7.99. The molecule has 0 saturated heterocycles. The molecule has 0 saturated carbocycles. The largest absolute Gasteiger partial charge is 0.493 e. The van der Waals surface area contributed by atoms with Gasteiger partial charge < -0.3 is 9.53 Å². The van der Waals surface area contributed by atoms with E-state index in [2.05, 4.69) is 55.0 Å². The minimum absolute atomic E-state index is 0.0409. The Bertz CT molecular complexity index is 423. The van der Waals surface area contributed by atoms with E-state index in [0.717, 1.165) is 30.1 Å². The SMILES string of the molecule is [B]C(C)(CSCC(C)(C)CC(C)(C)CC(C)=O)CC(C)(C)OC(=C)C. The van der Waals surface area contributed by atoms with Crippen LogP contribution in [0.1, 0.15) is 81.6 Å². The molecule has 0 fully saturated rings. The highest BCUT2D eigenvalue weighted by Crippen LogP contribution is 2.42. The van der Waals surface area contributed by atoms with E-state index < -0.39 is 0 Å². The van der Waals surface area contributed by atoms with Gasteiger partial charge in [-0.05, 0) is 62.9 Å². The molecule has 0 N–H and O–H groups in total. The number of carbonyl (C=O) groups excluding carboxylic acids is 1. The molecule has 1 unspecified atom stereocenters. The second-order valence-corrected chi connectivity index (χ2v) is 11.3. The minimum atomic E-state index is -0.311. The van der Waals surface area contributed by atoms with Gasteiger partial charge in [0.1, 0.15) is 11.4 Å². The minimum Gasteiger partial charge on any atom is -0.493 e. The highest BCUT2D eigenvalue weighted by atomic mass is 32.2. The van der Waals surface area contributed by atoms with Crippen molar-refractivity contribution >= 4 is 25.4 Å². The fraction of sp³-hybridized carbons (Fsp3) is 0.857. The number of allylic oxidation sites excluding steroid dienone is 1. The van der Waals surface area contributed by atoms with Gasteiger partial charge in [-0.2, -0.15) is 11.8 Å². The first-order valence-electron chi connectivity index (χ1n) is 9.16. The van der Waals surface area contributed by atoms with Crippen molar-refractivity contribution in [3.8, 4) is 0 Å². The van der Waals surface area contributed by atoms with Crippen LogP contribution in [0.2, 0.25) is 5.31 Å². The van der Waals surface area contributed by atoms with Gasteiger partial charge in [-0.15, -0.1) is 0 Å². The first-order chi connectivity index (χ1) is 11.0. The standard InChI is InChI=1S/C21H39BO2S/c1-16(2)24-20(8,9)13-21(10,22)15-25-14-19(6,7)12-18(4,5)11-17(3)23/h1,11-15H2,2-10H3. The van der Waals surface area contributed by atoms with Crippen LogP contribution in [-0.4, -0.2) is 30.7 Å².